The van der Waals surface area contributed by atoms with Crippen LogP contribution in [-0.2, 0) is 4.79 Å². The summed E-state index contributed by atoms with van der Waals surface area (Å²) in [6.07, 6.45) is 8.59. The molecule has 0 unspecified atom stereocenters. The van der Waals surface area contributed by atoms with Crippen molar-refractivity contribution in [1.82, 2.24) is 0 Å². The quantitative estimate of drug-likeness (QED) is 0.478. The monoisotopic (exact) mass is 248 g/mol. The third-order valence-electron chi connectivity index (χ3n) is 2.10. The number of carbonyl (C=O) groups is 1. The Kier molecular flexibility index (Phi) is 5.46. The van der Waals surface area contributed by atoms with Gasteiger partial charge < -0.3 is 9.84 Å². The largest absolute Gasteiger partial charge is 0.490 e. The molecule has 0 aliphatic rings. The summed E-state index contributed by atoms with van der Waals surface area (Å²) in [4.78, 5) is 10.3. The highest BCUT2D eigenvalue weighted by Crippen LogP contribution is 2.19. The van der Waals surface area contributed by atoms with Gasteiger partial charge in [0.1, 0.15) is 0 Å². The fraction of sp³-hybridized carbons (Fsp3) is 0.214. The van der Waals surface area contributed by atoms with Gasteiger partial charge in [0, 0.05) is 12.5 Å². The molecule has 0 atom stereocenters. The molecule has 0 fully saturated rings. The van der Waals surface area contributed by atoms with Crippen LogP contribution in [-0.4, -0.2) is 17.7 Å². The summed E-state index contributed by atoms with van der Waals surface area (Å²) in [6, 6.07) is 4.27. The maximum Gasteiger partial charge on any atom is 0.328 e. The number of unbranched alkanes of at least 4 members (excludes halogenated alkanes) is 1. The van der Waals surface area contributed by atoms with Crippen LogP contribution in [0.2, 0.25) is 0 Å². The Morgan fingerprint density at radius 2 is 2.33 bits per heavy atom. The maximum atomic E-state index is 13.5. The van der Waals surface area contributed by atoms with Crippen molar-refractivity contribution in [2.24, 2.45) is 0 Å². The fourth-order valence-electron chi connectivity index (χ4n) is 1.26. The summed E-state index contributed by atoms with van der Waals surface area (Å²) in [5.74, 6) is 1.00. The smallest absolute Gasteiger partial charge is 0.328 e. The Balaban J connectivity index is 2.62. The van der Waals surface area contributed by atoms with E-state index in [1.807, 2.05) is 0 Å². The van der Waals surface area contributed by atoms with Crippen LogP contribution in [0.3, 0.4) is 0 Å². The molecule has 0 bridgehead atoms. The van der Waals surface area contributed by atoms with E-state index in [1.54, 1.807) is 6.07 Å². The molecule has 0 saturated heterocycles. The van der Waals surface area contributed by atoms with Gasteiger partial charge in [-0.2, -0.15) is 0 Å². The predicted molar refractivity (Wildman–Crippen MR) is 66.6 cm³/mol. The van der Waals surface area contributed by atoms with Crippen molar-refractivity contribution >= 4 is 12.0 Å². The first-order valence-corrected chi connectivity index (χ1v) is 5.40. The van der Waals surface area contributed by atoms with Gasteiger partial charge in [-0.1, -0.05) is 6.07 Å². The summed E-state index contributed by atoms with van der Waals surface area (Å²) >= 11 is 0. The van der Waals surface area contributed by atoms with Gasteiger partial charge in [0.2, 0.25) is 0 Å². The fourth-order valence-corrected chi connectivity index (χ4v) is 1.26. The predicted octanol–water partition coefficient (Wildman–Crippen LogP) is 2.72. The molecule has 1 aromatic carbocycles. The Labute approximate surface area is 105 Å². The van der Waals surface area contributed by atoms with Crippen molar-refractivity contribution in [3.8, 4) is 18.1 Å². The lowest BCUT2D eigenvalue weighted by atomic mass is 10.2. The van der Waals surface area contributed by atoms with E-state index in [4.69, 9.17) is 16.3 Å². The first kappa shape index (κ1) is 13.8. The number of carboxylic acids is 1. The van der Waals surface area contributed by atoms with E-state index in [1.165, 1.54) is 18.2 Å². The summed E-state index contributed by atoms with van der Waals surface area (Å²) in [7, 11) is 0. The minimum atomic E-state index is -1.08. The third-order valence-corrected chi connectivity index (χ3v) is 2.10. The molecule has 0 saturated carbocycles. The molecule has 0 radical (unpaired) electrons. The van der Waals surface area contributed by atoms with Gasteiger partial charge in [0.25, 0.3) is 0 Å². The number of hydrogen-bond donors (Lipinski definition) is 1. The van der Waals surface area contributed by atoms with Crippen molar-refractivity contribution in [3.05, 3.63) is 35.7 Å². The van der Waals surface area contributed by atoms with Gasteiger partial charge in [-0.15, -0.1) is 12.3 Å². The Bertz CT molecular complexity index is 486. The van der Waals surface area contributed by atoms with Crippen molar-refractivity contribution in [2.45, 2.75) is 12.8 Å². The van der Waals surface area contributed by atoms with E-state index in [0.29, 0.717) is 25.0 Å². The van der Waals surface area contributed by atoms with E-state index < -0.39 is 11.8 Å². The van der Waals surface area contributed by atoms with Crippen LogP contribution in [0.1, 0.15) is 18.4 Å². The Morgan fingerprint density at radius 3 is 2.94 bits per heavy atom. The molecule has 0 heterocycles. The molecule has 0 spiro atoms. The van der Waals surface area contributed by atoms with Crippen LogP contribution in [0.4, 0.5) is 4.39 Å². The number of hydrogen-bond acceptors (Lipinski definition) is 2. The van der Waals surface area contributed by atoms with E-state index in [9.17, 15) is 9.18 Å². The molecule has 0 aliphatic carbocycles. The molecule has 3 nitrogen and oxygen atoms in total. The molecular formula is C14H13FO3. The second kappa shape index (κ2) is 7.13. The SMILES string of the molecule is C#CCCCOc1ccc(/C=C/C(=O)O)cc1F. The highest BCUT2D eigenvalue weighted by atomic mass is 19.1. The summed E-state index contributed by atoms with van der Waals surface area (Å²) < 4.78 is 18.7. The average Bonchev–Trinajstić information content (AvgIpc) is 2.34. The van der Waals surface area contributed by atoms with E-state index >= 15 is 0 Å². The van der Waals surface area contributed by atoms with Gasteiger partial charge in [0.05, 0.1) is 6.61 Å². The number of ether oxygens (including phenoxy) is 1. The minimum absolute atomic E-state index is 0.138. The topological polar surface area (TPSA) is 46.5 Å². The van der Waals surface area contributed by atoms with Crippen molar-refractivity contribution in [3.63, 3.8) is 0 Å². The van der Waals surface area contributed by atoms with Crippen LogP contribution < -0.4 is 4.74 Å². The lowest BCUT2D eigenvalue weighted by Crippen LogP contribution is -1.99. The average molecular weight is 248 g/mol. The maximum absolute atomic E-state index is 13.5. The zero-order chi connectivity index (χ0) is 13.4. The standard InChI is InChI=1S/C14H13FO3/c1-2-3-4-9-18-13-7-5-11(10-12(13)15)6-8-14(16)17/h1,5-8,10H,3-4,9H2,(H,16,17)/b8-6+. The first-order chi connectivity index (χ1) is 8.63. The highest BCUT2D eigenvalue weighted by Gasteiger charge is 2.03. The molecule has 0 aromatic heterocycles. The molecule has 4 heteroatoms. The molecule has 1 N–H and O–H groups in total. The zero-order valence-electron chi connectivity index (χ0n) is 9.73. The van der Waals surface area contributed by atoms with Crippen molar-refractivity contribution < 1.29 is 19.0 Å². The minimum Gasteiger partial charge on any atom is -0.490 e. The number of benzene rings is 1. The summed E-state index contributed by atoms with van der Waals surface area (Å²) in [6.45, 7) is 0.353. The number of terminal acetylenes is 1. The van der Waals surface area contributed by atoms with Crippen LogP contribution in [0.15, 0.2) is 24.3 Å². The molecule has 18 heavy (non-hydrogen) atoms. The van der Waals surface area contributed by atoms with Gasteiger partial charge in [0.15, 0.2) is 11.6 Å². The molecule has 1 rings (SSSR count). The molecule has 1 aromatic rings. The number of aliphatic carboxylic acids is 1. The van der Waals surface area contributed by atoms with Gasteiger partial charge in [-0.05, 0) is 30.2 Å². The molecular weight excluding hydrogens is 235 g/mol. The molecule has 0 aliphatic heterocycles. The summed E-state index contributed by atoms with van der Waals surface area (Å²) in [5, 5.41) is 8.44. The normalized spacial score (nSPS) is 10.2. The Hall–Kier alpha value is -2.28. The van der Waals surface area contributed by atoms with Crippen molar-refractivity contribution in [2.75, 3.05) is 6.61 Å². The van der Waals surface area contributed by atoms with Gasteiger partial charge >= 0.3 is 5.97 Å². The molecule has 0 amide bonds. The lowest BCUT2D eigenvalue weighted by molar-refractivity contribution is -0.131. The van der Waals surface area contributed by atoms with Crippen LogP contribution in [0, 0.1) is 18.2 Å². The number of rotatable bonds is 6. The highest BCUT2D eigenvalue weighted by molar-refractivity contribution is 5.85. The van der Waals surface area contributed by atoms with Gasteiger partial charge in [-0.3, -0.25) is 0 Å². The third kappa shape index (κ3) is 4.71. The van der Waals surface area contributed by atoms with Crippen LogP contribution in [0.5, 0.6) is 5.75 Å². The van der Waals surface area contributed by atoms with E-state index in [-0.39, 0.29) is 5.75 Å². The Morgan fingerprint density at radius 1 is 1.56 bits per heavy atom. The first-order valence-electron chi connectivity index (χ1n) is 5.40. The van der Waals surface area contributed by atoms with E-state index in [2.05, 4.69) is 5.92 Å². The summed E-state index contributed by atoms with van der Waals surface area (Å²) in [5.41, 5.74) is 0.464. The second-order valence-electron chi connectivity index (χ2n) is 3.52. The second-order valence-corrected chi connectivity index (χ2v) is 3.52. The number of halogens is 1. The van der Waals surface area contributed by atoms with E-state index in [0.717, 1.165) is 6.08 Å². The molecule has 94 valence electrons. The number of carboxylic acid groups (broad SMARTS) is 1. The zero-order valence-corrected chi connectivity index (χ0v) is 9.73. The van der Waals surface area contributed by atoms with Crippen molar-refractivity contribution in [1.29, 1.82) is 0 Å². The van der Waals surface area contributed by atoms with Gasteiger partial charge in [-0.25, -0.2) is 9.18 Å². The van der Waals surface area contributed by atoms with Crippen LogP contribution in [0.25, 0.3) is 6.08 Å². The van der Waals surface area contributed by atoms with Crippen LogP contribution >= 0.6 is 0 Å². The lowest BCUT2D eigenvalue weighted by Gasteiger charge is -2.06.